The maximum Gasteiger partial charge on any atom is 0.407 e. The Bertz CT molecular complexity index is 537. The summed E-state index contributed by atoms with van der Waals surface area (Å²) >= 11 is 5.80. The summed E-state index contributed by atoms with van der Waals surface area (Å²) in [4.78, 5) is 23.3. The first kappa shape index (κ1) is 18.3. The normalized spacial score (nSPS) is 12.6. The van der Waals surface area contributed by atoms with E-state index >= 15 is 0 Å². The number of aliphatic hydroxyl groups excluding tert-OH is 1. The summed E-state index contributed by atoms with van der Waals surface area (Å²) in [7, 11) is 1.70. The van der Waals surface area contributed by atoms with Gasteiger partial charge in [-0.05, 0) is 26.8 Å². The monoisotopic (exact) mass is 331 g/mol. The van der Waals surface area contributed by atoms with Gasteiger partial charge in [-0.1, -0.05) is 11.6 Å². The van der Waals surface area contributed by atoms with E-state index in [4.69, 9.17) is 16.3 Å². The molecule has 0 aliphatic rings. The van der Waals surface area contributed by atoms with Crippen LogP contribution in [0.5, 0.6) is 0 Å². The van der Waals surface area contributed by atoms with Crippen molar-refractivity contribution >= 4 is 23.6 Å². The molecule has 0 fully saturated rings. The van der Waals surface area contributed by atoms with Crippen LogP contribution in [0.25, 0.3) is 0 Å². The van der Waals surface area contributed by atoms with E-state index in [1.54, 1.807) is 38.6 Å². The third kappa shape index (κ3) is 6.36. The van der Waals surface area contributed by atoms with Crippen LogP contribution in [0.2, 0.25) is 5.02 Å². The van der Waals surface area contributed by atoms with Crippen molar-refractivity contribution in [2.24, 2.45) is 7.05 Å². The minimum Gasteiger partial charge on any atom is -0.444 e. The van der Waals surface area contributed by atoms with Crippen LogP contribution < -0.4 is 10.6 Å². The molecule has 1 heterocycles. The average Bonchev–Trinajstić information content (AvgIpc) is 2.70. The lowest BCUT2D eigenvalue weighted by molar-refractivity contribution is 0.0492. The number of aromatic nitrogens is 1. The van der Waals surface area contributed by atoms with Crippen molar-refractivity contribution in [2.45, 2.75) is 32.5 Å². The molecule has 0 radical (unpaired) electrons. The van der Waals surface area contributed by atoms with Gasteiger partial charge in [-0.3, -0.25) is 4.79 Å². The molecule has 1 atom stereocenters. The zero-order valence-corrected chi connectivity index (χ0v) is 13.9. The SMILES string of the molecule is Cn1cc(Cl)cc1C(=O)NCC(O)CNC(=O)OC(C)(C)C. The minimum absolute atomic E-state index is 0.00255. The molecular weight excluding hydrogens is 310 g/mol. The summed E-state index contributed by atoms with van der Waals surface area (Å²) in [6.07, 6.45) is 0.0658. The molecule has 8 heteroatoms. The number of aliphatic hydroxyl groups is 1. The minimum atomic E-state index is -0.924. The average molecular weight is 332 g/mol. The molecule has 0 saturated heterocycles. The highest BCUT2D eigenvalue weighted by Gasteiger charge is 2.17. The van der Waals surface area contributed by atoms with Gasteiger partial charge >= 0.3 is 6.09 Å². The Balaban J connectivity index is 2.34. The summed E-state index contributed by atoms with van der Waals surface area (Å²) < 4.78 is 6.62. The second-order valence-electron chi connectivity index (χ2n) is 5.90. The molecule has 3 N–H and O–H groups in total. The number of rotatable bonds is 5. The summed E-state index contributed by atoms with van der Waals surface area (Å²) in [6, 6.07) is 1.53. The lowest BCUT2D eigenvalue weighted by atomic mass is 10.2. The molecule has 0 aliphatic carbocycles. The number of carbonyl (C=O) groups is 2. The number of aryl methyl sites for hydroxylation is 1. The molecule has 1 aromatic rings. The standard InChI is InChI=1S/C14H22ClN3O4/c1-14(2,3)22-13(21)17-7-10(19)6-16-12(20)11-5-9(15)8-18(11)4/h5,8,10,19H,6-7H2,1-4H3,(H,16,20)(H,17,21). The predicted octanol–water partition coefficient (Wildman–Crippen LogP) is 1.29. The third-order valence-corrected chi connectivity index (χ3v) is 2.79. The molecule has 0 aromatic carbocycles. The van der Waals surface area contributed by atoms with Gasteiger partial charge < -0.3 is 25.0 Å². The molecule has 1 aromatic heterocycles. The number of halogens is 1. The van der Waals surface area contributed by atoms with Gasteiger partial charge in [0.1, 0.15) is 11.3 Å². The smallest absolute Gasteiger partial charge is 0.407 e. The van der Waals surface area contributed by atoms with Gasteiger partial charge in [-0.25, -0.2) is 4.79 Å². The Kier molecular flexibility index (Phi) is 6.25. The van der Waals surface area contributed by atoms with Crippen LogP contribution in [0.4, 0.5) is 4.79 Å². The van der Waals surface area contributed by atoms with Crippen molar-refractivity contribution in [3.8, 4) is 0 Å². The number of nitrogens with zero attached hydrogens (tertiary/aromatic N) is 1. The van der Waals surface area contributed by atoms with Crippen molar-refractivity contribution in [2.75, 3.05) is 13.1 Å². The number of hydrogen-bond acceptors (Lipinski definition) is 4. The number of alkyl carbamates (subject to hydrolysis) is 1. The summed E-state index contributed by atoms with van der Waals surface area (Å²) in [5.74, 6) is -0.356. The molecule has 22 heavy (non-hydrogen) atoms. The Morgan fingerprint density at radius 1 is 1.36 bits per heavy atom. The van der Waals surface area contributed by atoms with E-state index in [1.165, 1.54) is 6.07 Å². The van der Waals surface area contributed by atoms with Crippen LogP contribution in [0.3, 0.4) is 0 Å². The second kappa shape index (κ2) is 7.51. The van der Waals surface area contributed by atoms with Gasteiger partial charge in [0.2, 0.25) is 0 Å². The van der Waals surface area contributed by atoms with Gasteiger partial charge in [0.05, 0.1) is 11.1 Å². The van der Waals surface area contributed by atoms with E-state index in [9.17, 15) is 14.7 Å². The van der Waals surface area contributed by atoms with Gasteiger partial charge in [0, 0.05) is 26.3 Å². The zero-order valence-electron chi connectivity index (χ0n) is 13.1. The van der Waals surface area contributed by atoms with Crippen LogP contribution in [-0.4, -0.2) is 46.5 Å². The van der Waals surface area contributed by atoms with E-state index in [2.05, 4.69) is 10.6 Å². The first-order valence-electron chi connectivity index (χ1n) is 6.83. The fourth-order valence-electron chi connectivity index (χ4n) is 1.64. The molecule has 2 amide bonds. The number of ether oxygens (including phenoxy) is 1. The fraction of sp³-hybridized carbons (Fsp3) is 0.571. The van der Waals surface area contributed by atoms with Crippen LogP contribution >= 0.6 is 11.6 Å². The van der Waals surface area contributed by atoms with Crippen LogP contribution in [0.1, 0.15) is 31.3 Å². The molecule has 0 aliphatic heterocycles. The molecule has 0 saturated carbocycles. The molecule has 124 valence electrons. The number of hydrogen-bond donors (Lipinski definition) is 3. The molecule has 0 bridgehead atoms. The maximum atomic E-state index is 11.9. The number of amides is 2. The van der Waals surface area contributed by atoms with E-state index in [-0.39, 0.29) is 19.0 Å². The predicted molar refractivity (Wildman–Crippen MR) is 83.0 cm³/mol. The van der Waals surface area contributed by atoms with Crippen molar-refractivity contribution in [1.29, 1.82) is 0 Å². The van der Waals surface area contributed by atoms with Crippen molar-refractivity contribution < 1.29 is 19.4 Å². The van der Waals surface area contributed by atoms with Gasteiger partial charge in [0.25, 0.3) is 5.91 Å². The number of nitrogens with one attached hydrogen (secondary N) is 2. The first-order valence-corrected chi connectivity index (χ1v) is 7.21. The molecule has 0 spiro atoms. The van der Waals surface area contributed by atoms with E-state index < -0.39 is 17.8 Å². The lowest BCUT2D eigenvalue weighted by Crippen LogP contribution is -2.41. The van der Waals surface area contributed by atoms with E-state index in [0.717, 1.165) is 0 Å². The highest BCUT2D eigenvalue weighted by atomic mass is 35.5. The maximum absolute atomic E-state index is 11.9. The largest absolute Gasteiger partial charge is 0.444 e. The Hall–Kier alpha value is -1.73. The molecule has 1 unspecified atom stereocenters. The Morgan fingerprint density at radius 2 is 1.95 bits per heavy atom. The highest BCUT2D eigenvalue weighted by Crippen LogP contribution is 2.12. The quantitative estimate of drug-likeness (QED) is 0.758. The first-order chi connectivity index (χ1) is 10.1. The van der Waals surface area contributed by atoms with Gasteiger partial charge in [-0.2, -0.15) is 0 Å². The Labute approximate surface area is 134 Å². The fourth-order valence-corrected chi connectivity index (χ4v) is 1.89. The Morgan fingerprint density at radius 3 is 2.45 bits per heavy atom. The topological polar surface area (TPSA) is 92.6 Å². The van der Waals surface area contributed by atoms with E-state index in [0.29, 0.717) is 10.7 Å². The van der Waals surface area contributed by atoms with Crippen molar-refractivity contribution in [3.05, 3.63) is 23.0 Å². The molecule has 1 rings (SSSR count). The zero-order chi connectivity index (χ0) is 16.9. The van der Waals surface area contributed by atoms with Gasteiger partial charge in [-0.15, -0.1) is 0 Å². The van der Waals surface area contributed by atoms with E-state index in [1.807, 2.05) is 0 Å². The van der Waals surface area contributed by atoms with Crippen LogP contribution in [-0.2, 0) is 11.8 Å². The van der Waals surface area contributed by atoms with Crippen molar-refractivity contribution in [1.82, 2.24) is 15.2 Å². The third-order valence-electron chi connectivity index (χ3n) is 2.58. The molecular formula is C14H22ClN3O4. The number of carbonyl (C=O) groups excluding carboxylic acids is 2. The lowest BCUT2D eigenvalue weighted by Gasteiger charge is -2.20. The van der Waals surface area contributed by atoms with Crippen LogP contribution in [0.15, 0.2) is 12.3 Å². The highest BCUT2D eigenvalue weighted by molar-refractivity contribution is 6.31. The van der Waals surface area contributed by atoms with Gasteiger partial charge in [0.15, 0.2) is 0 Å². The van der Waals surface area contributed by atoms with Crippen molar-refractivity contribution in [3.63, 3.8) is 0 Å². The molecule has 7 nitrogen and oxygen atoms in total. The second-order valence-corrected chi connectivity index (χ2v) is 6.34. The van der Waals surface area contributed by atoms with Crippen LogP contribution in [0, 0.1) is 0 Å². The summed E-state index contributed by atoms with van der Waals surface area (Å²) in [5, 5.41) is 15.2. The summed E-state index contributed by atoms with van der Waals surface area (Å²) in [5.41, 5.74) is -0.216. The summed E-state index contributed by atoms with van der Waals surface area (Å²) in [6.45, 7) is 5.21.